The number of aromatic nitrogens is 2. The zero-order valence-electron chi connectivity index (χ0n) is 26.1. The molecule has 1 aromatic heterocycles. The molecule has 234 valence electrons. The summed E-state index contributed by atoms with van der Waals surface area (Å²) < 4.78 is 7.81. The smallest absolute Gasteiger partial charge is 0.305 e. The summed E-state index contributed by atoms with van der Waals surface area (Å²) in [6, 6.07) is 18.9. The molecule has 9 heteroatoms. The average Bonchev–Trinajstić information content (AvgIpc) is 3.48. The monoisotopic (exact) mass is 608 g/mol. The fraction of sp³-hybridized carbons (Fsp3) is 0.333. The van der Waals surface area contributed by atoms with Gasteiger partial charge in [-0.1, -0.05) is 36.4 Å². The molecule has 4 aromatic rings. The van der Waals surface area contributed by atoms with Crippen LogP contribution in [0.3, 0.4) is 0 Å². The van der Waals surface area contributed by atoms with Crippen molar-refractivity contribution in [2.24, 2.45) is 0 Å². The predicted molar refractivity (Wildman–Crippen MR) is 174 cm³/mol. The highest BCUT2D eigenvalue weighted by molar-refractivity contribution is 5.96. The molecule has 0 unspecified atom stereocenters. The number of nitrogens with zero attached hydrogens (tertiary/aromatic N) is 3. The Hall–Kier alpha value is -4.92. The molecule has 9 nitrogen and oxygen atoms in total. The first-order chi connectivity index (χ1) is 21.7. The van der Waals surface area contributed by atoms with E-state index in [0.29, 0.717) is 38.1 Å². The fourth-order valence-electron chi connectivity index (χ4n) is 5.78. The van der Waals surface area contributed by atoms with E-state index >= 15 is 0 Å². The first-order valence-electron chi connectivity index (χ1n) is 15.5. The van der Waals surface area contributed by atoms with Gasteiger partial charge < -0.3 is 20.1 Å². The maximum Gasteiger partial charge on any atom is 0.305 e. The van der Waals surface area contributed by atoms with Crippen molar-refractivity contribution < 1.29 is 24.2 Å². The van der Waals surface area contributed by atoms with Gasteiger partial charge in [0.15, 0.2) is 0 Å². The lowest BCUT2D eigenvalue weighted by Gasteiger charge is -2.31. The van der Waals surface area contributed by atoms with Crippen molar-refractivity contribution in [1.29, 1.82) is 0 Å². The van der Waals surface area contributed by atoms with Crippen LogP contribution >= 0.6 is 0 Å². The van der Waals surface area contributed by atoms with Crippen LogP contribution in [0.25, 0.3) is 11.1 Å². The standard InChI is InChI=1S/C36H40N4O5/c1-24-9-4-15-33(26(24)3)45-18-8-16-34(41)40-17-7-13-31-30(12-6-14-32(31)40)29-21-37-39(23-29)22-27-10-5-11-28(20-27)36(44)38-25(2)19-35(42)43/h4-6,9-12,14-15,20-21,23,25H,7-8,13,16-19,22H2,1-3H3,(H,38,44)(H,42,43)/t25-/m1/s1. The van der Waals surface area contributed by atoms with Gasteiger partial charge in [0, 0.05) is 42.0 Å². The number of benzene rings is 3. The number of anilines is 1. The number of carboxylic acid groups (broad SMARTS) is 1. The van der Waals surface area contributed by atoms with Crippen molar-refractivity contribution >= 4 is 23.5 Å². The minimum absolute atomic E-state index is 0.106. The van der Waals surface area contributed by atoms with Crippen LogP contribution in [0.2, 0.25) is 0 Å². The molecule has 3 aromatic carbocycles. The minimum Gasteiger partial charge on any atom is -0.493 e. The third kappa shape index (κ3) is 7.78. The van der Waals surface area contributed by atoms with Crippen LogP contribution in [0.4, 0.5) is 5.69 Å². The van der Waals surface area contributed by atoms with E-state index in [1.54, 1.807) is 19.1 Å². The number of hydrogen-bond donors (Lipinski definition) is 2. The van der Waals surface area contributed by atoms with E-state index in [1.807, 2.05) is 58.4 Å². The first kappa shape index (κ1) is 31.5. The number of carbonyl (C=O) groups excluding carboxylic acids is 2. The Morgan fingerprint density at radius 2 is 1.87 bits per heavy atom. The van der Waals surface area contributed by atoms with Crippen LogP contribution < -0.4 is 15.0 Å². The molecule has 0 spiro atoms. The summed E-state index contributed by atoms with van der Waals surface area (Å²) in [6.07, 6.45) is 6.53. The summed E-state index contributed by atoms with van der Waals surface area (Å²) in [7, 11) is 0. The topological polar surface area (TPSA) is 114 Å². The molecule has 0 saturated heterocycles. The van der Waals surface area contributed by atoms with Gasteiger partial charge in [0.25, 0.3) is 5.91 Å². The van der Waals surface area contributed by atoms with Gasteiger partial charge in [-0.3, -0.25) is 19.1 Å². The molecule has 0 fully saturated rings. The number of amides is 2. The first-order valence-corrected chi connectivity index (χ1v) is 15.5. The molecular weight excluding hydrogens is 568 g/mol. The molecule has 0 bridgehead atoms. The highest BCUT2D eigenvalue weighted by Gasteiger charge is 2.25. The molecule has 2 heterocycles. The molecular formula is C36H40N4O5. The van der Waals surface area contributed by atoms with E-state index in [-0.39, 0.29) is 18.2 Å². The quantitative estimate of drug-likeness (QED) is 0.192. The van der Waals surface area contributed by atoms with E-state index in [9.17, 15) is 14.4 Å². The van der Waals surface area contributed by atoms with E-state index < -0.39 is 12.0 Å². The number of fused-ring (bicyclic) bond motifs is 1. The number of aryl methyl sites for hydroxylation is 1. The Kier molecular flexibility index (Phi) is 9.97. The summed E-state index contributed by atoms with van der Waals surface area (Å²) in [5, 5.41) is 16.3. The zero-order valence-corrected chi connectivity index (χ0v) is 26.1. The van der Waals surface area contributed by atoms with Crippen LogP contribution in [-0.2, 0) is 22.6 Å². The summed E-state index contributed by atoms with van der Waals surface area (Å²) in [6.45, 7) is 7.45. The van der Waals surface area contributed by atoms with Gasteiger partial charge in [-0.25, -0.2) is 0 Å². The number of aliphatic carboxylic acids is 1. The van der Waals surface area contributed by atoms with Crippen LogP contribution in [-0.4, -0.2) is 51.9 Å². The van der Waals surface area contributed by atoms with Crippen molar-refractivity contribution in [3.8, 4) is 16.9 Å². The van der Waals surface area contributed by atoms with Gasteiger partial charge in [-0.05, 0) is 92.1 Å². The predicted octanol–water partition coefficient (Wildman–Crippen LogP) is 5.95. The molecule has 2 N–H and O–H groups in total. The van der Waals surface area contributed by atoms with Gasteiger partial charge in [0.1, 0.15) is 5.75 Å². The normalized spacial score (nSPS) is 13.2. The Morgan fingerprint density at radius 1 is 1.07 bits per heavy atom. The largest absolute Gasteiger partial charge is 0.493 e. The summed E-state index contributed by atoms with van der Waals surface area (Å²) >= 11 is 0. The lowest BCUT2D eigenvalue weighted by Crippen LogP contribution is -2.35. The number of nitrogens with one attached hydrogen (secondary N) is 1. The Morgan fingerprint density at radius 3 is 2.69 bits per heavy atom. The molecule has 45 heavy (non-hydrogen) atoms. The highest BCUT2D eigenvalue weighted by atomic mass is 16.5. The molecule has 2 amide bonds. The second kappa shape index (κ2) is 14.2. The molecule has 1 aliphatic rings. The second-order valence-electron chi connectivity index (χ2n) is 11.7. The van der Waals surface area contributed by atoms with Gasteiger partial charge >= 0.3 is 5.97 Å². The number of ether oxygens (including phenoxy) is 1. The summed E-state index contributed by atoms with van der Waals surface area (Å²) in [4.78, 5) is 38.8. The Labute approximate surface area is 263 Å². The molecule has 1 atom stereocenters. The van der Waals surface area contributed by atoms with Crippen LogP contribution in [0, 0.1) is 13.8 Å². The van der Waals surface area contributed by atoms with E-state index in [4.69, 9.17) is 9.84 Å². The Balaban J connectivity index is 1.23. The van der Waals surface area contributed by atoms with Crippen molar-refractivity contribution in [3.63, 3.8) is 0 Å². The van der Waals surface area contributed by atoms with Gasteiger partial charge in [-0.2, -0.15) is 5.10 Å². The number of carboxylic acids is 1. The van der Waals surface area contributed by atoms with Crippen LogP contribution in [0.1, 0.15) is 65.2 Å². The average molecular weight is 609 g/mol. The third-order valence-electron chi connectivity index (χ3n) is 8.24. The number of hydrogen-bond acceptors (Lipinski definition) is 5. The van der Waals surface area contributed by atoms with Crippen molar-refractivity contribution in [2.75, 3.05) is 18.1 Å². The molecule has 0 saturated carbocycles. The second-order valence-corrected chi connectivity index (χ2v) is 11.7. The minimum atomic E-state index is -0.959. The lowest BCUT2D eigenvalue weighted by atomic mass is 9.93. The molecule has 5 rings (SSSR count). The molecule has 1 aliphatic heterocycles. The maximum atomic E-state index is 13.3. The molecule has 0 aliphatic carbocycles. The van der Waals surface area contributed by atoms with E-state index in [0.717, 1.165) is 52.1 Å². The van der Waals surface area contributed by atoms with Crippen molar-refractivity contribution in [1.82, 2.24) is 15.1 Å². The van der Waals surface area contributed by atoms with E-state index in [2.05, 4.69) is 36.4 Å². The maximum absolute atomic E-state index is 13.3. The molecule has 0 radical (unpaired) electrons. The highest BCUT2D eigenvalue weighted by Crippen LogP contribution is 2.36. The fourth-order valence-corrected chi connectivity index (χ4v) is 5.78. The SMILES string of the molecule is Cc1cccc(OCCCC(=O)N2CCCc3c(-c4cnn(Cc5cccc(C(=O)N[C@H](C)CC(=O)O)c5)c4)cccc32)c1C. The zero-order chi connectivity index (χ0) is 31.9. The van der Waals surface area contributed by atoms with Crippen LogP contribution in [0.15, 0.2) is 73.1 Å². The number of rotatable bonds is 12. The van der Waals surface area contributed by atoms with E-state index in [1.165, 1.54) is 5.56 Å². The summed E-state index contributed by atoms with van der Waals surface area (Å²) in [5.41, 5.74) is 7.84. The van der Waals surface area contributed by atoms with Gasteiger partial charge in [0.05, 0.1) is 25.8 Å². The summed E-state index contributed by atoms with van der Waals surface area (Å²) in [5.74, 6) is -0.290. The third-order valence-corrected chi connectivity index (χ3v) is 8.24. The Bertz CT molecular complexity index is 1690. The van der Waals surface area contributed by atoms with Crippen molar-refractivity contribution in [3.05, 3.63) is 101 Å². The van der Waals surface area contributed by atoms with Crippen molar-refractivity contribution in [2.45, 2.75) is 65.5 Å². The van der Waals surface area contributed by atoms with Crippen LogP contribution in [0.5, 0.6) is 5.75 Å². The number of carbonyl (C=O) groups is 3. The van der Waals surface area contributed by atoms with Gasteiger partial charge in [0.2, 0.25) is 5.91 Å². The lowest BCUT2D eigenvalue weighted by molar-refractivity contribution is -0.137. The van der Waals surface area contributed by atoms with Gasteiger partial charge in [-0.15, -0.1) is 0 Å².